The molecule has 0 radical (unpaired) electrons. The largest absolute Gasteiger partial charge is 0.510 e. The maximum absolute atomic E-state index is 11.3. The fourth-order valence-electron chi connectivity index (χ4n) is 0.153. The molecule has 0 bridgehead atoms. The quantitative estimate of drug-likeness (QED) is 0.413. The molecule has 0 aliphatic carbocycles. The van der Waals surface area contributed by atoms with Gasteiger partial charge < -0.3 is 0 Å². The summed E-state index contributed by atoms with van der Waals surface area (Å²) in [6.45, 7) is -2.06. The molecule has 0 saturated heterocycles. The summed E-state index contributed by atoms with van der Waals surface area (Å²) in [6.07, 6.45) is -4.79. The maximum atomic E-state index is 11.3. The molecule has 0 aliphatic rings. The van der Waals surface area contributed by atoms with Crippen LogP contribution < -0.4 is 0 Å². The van der Waals surface area contributed by atoms with Crippen LogP contribution in [0.15, 0.2) is 0 Å². The third kappa shape index (κ3) is 13.6. The Morgan fingerprint density at radius 2 is 1.82 bits per heavy atom. The van der Waals surface area contributed by atoms with Gasteiger partial charge in [0, 0.05) is 0 Å². The Kier molecular flexibility index (Phi) is 5.94. The van der Waals surface area contributed by atoms with Gasteiger partial charge in [0.25, 0.3) is 0 Å². The van der Waals surface area contributed by atoms with Gasteiger partial charge in [-0.15, -0.1) is 4.20 Å². The van der Waals surface area contributed by atoms with E-state index in [0.29, 0.717) is 0 Å². The van der Waals surface area contributed by atoms with Gasteiger partial charge in [-0.05, 0) is 0 Å². The summed E-state index contributed by atoms with van der Waals surface area (Å²) in [4.78, 5) is 7.55. The van der Waals surface area contributed by atoms with E-state index in [1.54, 1.807) is 0 Å². The van der Waals surface area contributed by atoms with Gasteiger partial charge in [-0.1, -0.05) is 0 Å². The Bertz CT molecular complexity index is 152. The summed E-state index contributed by atoms with van der Waals surface area (Å²) in [7, 11) is -5.48. The van der Waals surface area contributed by atoms with Crippen molar-refractivity contribution in [1.82, 2.24) is 0 Å². The molecule has 0 heterocycles. The van der Waals surface area contributed by atoms with Crippen molar-refractivity contribution in [2.75, 3.05) is 6.61 Å². The van der Waals surface area contributed by atoms with Crippen LogP contribution in [-0.2, 0) is 9.09 Å². The smallest absolute Gasteiger partial charge is 0.299 e. The lowest BCUT2D eigenvalue weighted by atomic mass is 10.7. The van der Waals surface area contributed by atoms with Gasteiger partial charge >= 0.3 is 37.1 Å². The van der Waals surface area contributed by atoms with Crippen LogP contribution in [0.4, 0.5) is 17.4 Å². The van der Waals surface area contributed by atoms with Crippen LogP contribution in [0.25, 0.3) is 0 Å². The third-order valence-corrected chi connectivity index (χ3v) is 0.835. The molecule has 1 unspecified atom stereocenters. The van der Waals surface area contributed by atoms with E-state index in [1.165, 1.54) is 0 Å². The van der Waals surface area contributed by atoms with Gasteiger partial charge in [-0.25, -0.2) is 4.57 Å². The molecule has 66 valence electrons. The zero-order valence-corrected chi connectivity index (χ0v) is 5.32. The normalized spacial score (nSPS) is 16.8. The fraction of sp³-hybridized carbons (Fsp3) is 1.00. The first kappa shape index (κ1) is 14.2. The van der Waals surface area contributed by atoms with E-state index >= 15 is 0 Å². The highest BCUT2D eigenvalue weighted by Gasteiger charge is 2.32. The van der Waals surface area contributed by atoms with E-state index in [4.69, 9.17) is 4.89 Å². The maximum Gasteiger partial charge on any atom is 0.510 e. The Balaban J connectivity index is 0. The van der Waals surface area contributed by atoms with Gasteiger partial charge in [0.2, 0.25) is 0 Å². The Labute approximate surface area is 75.5 Å². The van der Waals surface area contributed by atoms with Crippen molar-refractivity contribution < 1.29 is 31.4 Å². The molecule has 3 nitrogen and oxygen atoms in total. The van der Waals surface area contributed by atoms with Gasteiger partial charge in [-0.2, -0.15) is 13.2 Å². The Morgan fingerprint density at radius 1 is 1.45 bits per heavy atom. The highest BCUT2D eigenvalue weighted by Crippen LogP contribution is 2.44. The Hall–Kier alpha value is 0.636. The molecule has 1 N–H and O–H groups in total. The van der Waals surface area contributed by atoms with Gasteiger partial charge in [-0.3, -0.25) is 9.42 Å². The summed E-state index contributed by atoms with van der Waals surface area (Å²) >= 11 is 0. The van der Waals surface area contributed by atoms with E-state index in [2.05, 4.69) is 4.52 Å². The molecule has 11 heavy (non-hydrogen) atoms. The molecule has 0 aromatic carbocycles. The predicted octanol–water partition coefficient (Wildman–Crippen LogP) is 0.719. The van der Waals surface area contributed by atoms with Crippen molar-refractivity contribution >= 4 is 31.0 Å². The first-order valence-corrected chi connectivity index (χ1v) is 3.41. The number of rotatable bonds is 2. The molecule has 0 amide bonds. The van der Waals surface area contributed by atoms with Crippen molar-refractivity contribution in [3.63, 3.8) is 0 Å². The Morgan fingerprint density at radius 3 is 1.91 bits per heavy atom. The second-order valence-corrected chi connectivity index (χ2v) is 2.50. The van der Waals surface area contributed by atoms with Crippen LogP contribution >= 0.6 is 7.91 Å². The zero-order chi connectivity index (χ0) is 8.41. The lowest BCUT2D eigenvalue weighted by Crippen LogP contribution is -2.15. The minimum absolute atomic E-state index is 0. The average Bonchev–Trinajstić information content (AvgIpc) is 1.57. The second kappa shape index (κ2) is 4.61. The van der Waals surface area contributed by atoms with Gasteiger partial charge in [0.05, 0.1) is 0 Å². The summed E-state index contributed by atoms with van der Waals surface area (Å²) in [6, 6.07) is 0. The first-order chi connectivity index (χ1) is 4.21. The van der Waals surface area contributed by atoms with E-state index in [9.17, 15) is 21.9 Å². The molecule has 0 spiro atoms. The van der Waals surface area contributed by atoms with Gasteiger partial charge in [0.15, 0.2) is 6.61 Å². The van der Waals surface area contributed by atoms with Crippen LogP contribution in [-0.4, -0.2) is 40.7 Å². The van der Waals surface area contributed by atoms with Crippen LogP contribution in [0.3, 0.4) is 0 Å². The summed E-state index contributed by atoms with van der Waals surface area (Å²) in [5.74, 6) is 0. The molecule has 9 heteroatoms. The number of halogens is 4. The molecule has 0 aromatic heterocycles. The zero-order valence-electron chi connectivity index (χ0n) is 4.43. The second-order valence-electron chi connectivity index (χ2n) is 1.34. The minimum Gasteiger partial charge on any atom is -0.299 e. The van der Waals surface area contributed by atoms with E-state index in [0.717, 1.165) is 0 Å². The predicted molar refractivity (Wildman–Crippen MR) is 31.5 cm³/mol. The van der Waals surface area contributed by atoms with Crippen molar-refractivity contribution in [1.29, 1.82) is 0 Å². The molecular weight excluding hydrogens is 203 g/mol. The first-order valence-electron chi connectivity index (χ1n) is 1.94. The molecule has 1 atom stereocenters. The lowest BCUT2D eigenvalue weighted by Gasteiger charge is -2.05. The van der Waals surface area contributed by atoms with Crippen LogP contribution in [0.5, 0.6) is 0 Å². The van der Waals surface area contributed by atoms with Crippen molar-refractivity contribution in [2.24, 2.45) is 0 Å². The molecule has 0 aromatic rings. The fourth-order valence-corrected chi connectivity index (χ4v) is 0.458. The van der Waals surface area contributed by atoms with Crippen LogP contribution in [0.2, 0.25) is 0 Å². The average molecular weight is 208 g/mol. The third-order valence-electron chi connectivity index (χ3n) is 0.387. The number of hydrogen-bond acceptors (Lipinski definition) is 2. The van der Waals surface area contributed by atoms with Crippen LogP contribution in [0, 0.1) is 0 Å². The molecule has 0 aliphatic heterocycles. The molecule has 0 saturated carbocycles. The summed E-state index contributed by atoms with van der Waals surface area (Å²) in [5, 5.41) is 0. The number of hydrogen-bond donors (Lipinski definition) is 1. The molecule has 0 fully saturated rings. The summed E-state index contributed by atoms with van der Waals surface area (Å²) < 4.78 is 56.8. The highest BCUT2D eigenvalue weighted by atomic mass is 31.2. The van der Waals surface area contributed by atoms with E-state index in [1.807, 2.05) is 0 Å². The number of alkyl halides is 3. The van der Waals surface area contributed by atoms with Crippen molar-refractivity contribution in [3.8, 4) is 0 Å². The monoisotopic (exact) mass is 208 g/mol. The van der Waals surface area contributed by atoms with Crippen LogP contribution in [0.1, 0.15) is 0 Å². The minimum atomic E-state index is -5.48. The van der Waals surface area contributed by atoms with Crippen molar-refractivity contribution in [3.05, 3.63) is 0 Å². The molecule has 0 rings (SSSR count). The summed E-state index contributed by atoms with van der Waals surface area (Å²) in [5.41, 5.74) is 0. The molecular formula is C2H5F4MgO3P. The lowest BCUT2D eigenvalue weighted by molar-refractivity contribution is -0.156. The standard InChI is InChI=1S/C2H3F4O3P.Mg.2H/c3-2(4,5)1-9-10(6,7)8;;;/h1H2,(H,7,8);;;. The van der Waals surface area contributed by atoms with Crippen molar-refractivity contribution in [2.45, 2.75) is 6.18 Å². The van der Waals surface area contributed by atoms with E-state index < -0.39 is 20.7 Å². The SMILES string of the molecule is O=P(O)(F)OCC(F)(F)F.[MgH2]. The van der Waals surface area contributed by atoms with E-state index in [-0.39, 0.29) is 23.1 Å². The highest BCUT2D eigenvalue weighted by molar-refractivity contribution is 7.46. The van der Waals surface area contributed by atoms with Gasteiger partial charge in [0.1, 0.15) is 0 Å². The topological polar surface area (TPSA) is 46.5 Å².